The monoisotopic (exact) mass is 484 g/mol. The van der Waals surface area contributed by atoms with Crippen LogP contribution in [-0.4, -0.2) is 55.8 Å². The number of likely N-dealkylation sites (N-methyl/N-ethyl adjacent to an activating group) is 1. The molecular weight excluding hydrogens is 458 g/mol. The van der Waals surface area contributed by atoms with Gasteiger partial charge >= 0.3 is 0 Å². The van der Waals surface area contributed by atoms with Crippen LogP contribution in [0.2, 0.25) is 0 Å². The van der Waals surface area contributed by atoms with Gasteiger partial charge in [0.15, 0.2) is 0 Å². The number of carbonyl (C=O) groups excluding carboxylic acids is 2. The lowest BCUT2D eigenvalue weighted by Crippen LogP contribution is -2.43. The van der Waals surface area contributed by atoms with E-state index in [1.165, 1.54) is 23.0 Å². The number of hydrogen-bond donors (Lipinski definition) is 3. The van der Waals surface area contributed by atoms with Crippen LogP contribution < -0.4 is 10.6 Å². The van der Waals surface area contributed by atoms with Crippen molar-refractivity contribution in [3.8, 4) is 11.3 Å². The maximum Gasteiger partial charge on any atom is 0.255 e. The zero-order valence-electron chi connectivity index (χ0n) is 19.4. The Morgan fingerprint density at radius 2 is 2.03 bits per heavy atom. The molecule has 2 aromatic heterocycles. The molecule has 0 spiro atoms. The number of anilines is 2. The summed E-state index contributed by atoms with van der Waals surface area (Å²) in [5.41, 5.74) is 1.04. The molecule has 3 N–H and O–H groups in total. The summed E-state index contributed by atoms with van der Waals surface area (Å²) in [6.45, 7) is 4.23. The first kappa shape index (κ1) is 24.3. The summed E-state index contributed by atoms with van der Waals surface area (Å²) in [6, 6.07) is 4.78. The van der Waals surface area contributed by atoms with E-state index in [1.807, 2.05) is 13.8 Å². The van der Waals surface area contributed by atoms with Crippen LogP contribution in [-0.2, 0) is 17.9 Å². The first-order chi connectivity index (χ1) is 16.9. The van der Waals surface area contributed by atoms with Gasteiger partial charge in [-0.1, -0.05) is 13.0 Å². The van der Waals surface area contributed by atoms with Crippen LogP contribution in [0.5, 0.6) is 0 Å². The van der Waals surface area contributed by atoms with Crippen LogP contribution in [0.3, 0.4) is 0 Å². The van der Waals surface area contributed by atoms with Crippen LogP contribution in [0.15, 0.2) is 36.7 Å². The highest BCUT2D eigenvalue weighted by atomic mass is 19.1. The Balaban J connectivity index is 1.61. The number of aliphatic hydroxyl groups is 1. The van der Waals surface area contributed by atoms with Gasteiger partial charge in [0.05, 0.1) is 41.4 Å². The third-order valence-corrected chi connectivity index (χ3v) is 5.96. The van der Waals surface area contributed by atoms with Crippen molar-refractivity contribution in [3.63, 3.8) is 0 Å². The molecule has 0 saturated carbocycles. The second kappa shape index (κ2) is 10.2. The molecule has 3 heterocycles. The molecule has 35 heavy (non-hydrogen) atoms. The van der Waals surface area contributed by atoms with Crippen molar-refractivity contribution < 1.29 is 23.5 Å². The molecule has 1 aliphatic rings. The highest BCUT2D eigenvalue weighted by molar-refractivity contribution is 6.03. The van der Waals surface area contributed by atoms with E-state index in [2.05, 4.69) is 20.7 Å². The van der Waals surface area contributed by atoms with Crippen molar-refractivity contribution in [1.82, 2.24) is 25.0 Å². The lowest BCUT2D eigenvalue weighted by atomic mass is 10.0. The second-order valence-corrected chi connectivity index (χ2v) is 8.15. The second-order valence-electron chi connectivity index (χ2n) is 8.15. The fourth-order valence-corrected chi connectivity index (χ4v) is 4.18. The largest absolute Gasteiger partial charge is 0.394 e. The van der Waals surface area contributed by atoms with Crippen LogP contribution >= 0.6 is 0 Å². The first-order valence-corrected chi connectivity index (χ1v) is 11.3. The summed E-state index contributed by atoms with van der Waals surface area (Å²) in [6.07, 6.45) is 3.66. The fourth-order valence-electron chi connectivity index (χ4n) is 4.18. The molecule has 4 rings (SSSR count). The van der Waals surface area contributed by atoms with Crippen LogP contribution in [0.4, 0.5) is 20.3 Å². The fraction of sp³-hybridized carbons (Fsp3) is 0.333. The van der Waals surface area contributed by atoms with Crippen molar-refractivity contribution in [3.05, 3.63) is 59.4 Å². The number of rotatable bonds is 9. The van der Waals surface area contributed by atoms with Gasteiger partial charge in [-0.2, -0.15) is 5.10 Å². The van der Waals surface area contributed by atoms with Gasteiger partial charge in [-0.25, -0.2) is 13.8 Å². The highest BCUT2D eigenvalue weighted by Gasteiger charge is 2.27. The number of nitrogens with one attached hydrogen (secondary N) is 2. The topological polar surface area (TPSA) is 112 Å². The molecule has 3 aromatic rings. The van der Waals surface area contributed by atoms with Crippen LogP contribution in [0.1, 0.15) is 36.2 Å². The van der Waals surface area contributed by atoms with Gasteiger partial charge in [0.1, 0.15) is 24.0 Å². The highest BCUT2D eigenvalue weighted by Crippen LogP contribution is 2.32. The molecule has 0 saturated heterocycles. The summed E-state index contributed by atoms with van der Waals surface area (Å²) in [5.74, 6) is -1.95. The van der Waals surface area contributed by atoms with E-state index in [0.717, 1.165) is 12.1 Å². The number of benzene rings is 1. The molecule has 0 radical (unpaired) electrons. The molecule has 0 fully saturated rings. The summed E-state index contributed by atoms with van der Waals surface area (Å²) >= 11 is 0. The maximum atomic E-state index is 14.4. The quantitative estimate of drug-likeness (QED) is 0.431. The van der Waals surface area contributed by atoms with E-state index in [-0.39, 0.29) is 60.2 Å². The Hall–Kier alpha value is -3.86. The number of carbonyl (C=O) groups is 2. The van der Waals surface area contributed by atoms with Crippen molar-refractivity contribution in [2.45, 2.75) is 39.4 Å². The number of aromatic nitrogens is 3. The predicted octanol–water partition coefficient (Wildman–Crippen LogP) is 2.83. The van der Waals surface area contributed by atoms with Gasteiger partial charge in [-0.3, -0.25) is 14.3 Å². The Morgan fingerprint density at radius 1 is 1.29 bits per heavy atom. The number of amides is 2. The molecule has 0 unspecified atom stereocenters. The van der Waals surface area contributed by atoms with Crippen molar-refractivity contribution >= 4 is 23.3 Å². The number of halogens is 2. The SMILES string of the molecule is CC[C@@H](CO)N(CC)C(=O)Cn1cc(Nc2nc(-c3c(F)cccc3F)cc3c2C(=O)NC3)cn1. The third kappa shape index (κ3) is 4.85. The van der Waals surface area contributed by atoms with Crippen LogP contribution in [0, 0.1) is 11.6 Å². The normalized spacial score (nSPS) is 13.3. The zero-order chi connectivity index (χ0) is 25.1. The zero-order valence-corrected chi connectivity index (χ0v) is 19.4. The molecule has 9 nitrogen and oxygen atoms in total. The van der Waals surface area contributed by atoms with Gasteiger partial charge in [0.25, 0.3) is 5.91 Å². The van der Waals surface area contributed by atoms with Crippen molar-refractivity contribution in [2.24, 2.45) is 0 Å². The lowest BCUT2D eigenvalue weighted by Gasteiger charge is -2.28. The predicted molar refractivity (Wildman–Crippen MR) is 125 cm³/mol. The van der Waals surface area contributed by atoms with Gasteiger partial charge in [-0.15, -0.1) is 0 Å². The van der Waals surface area contributed by atoms with Crippen LogP contribution in [0.25, 0.3) is 11.3 Å². The minimum atomic E-state index is -0.763. The first-order valence-electron chi connectivity index (χ1n) is 11.3. The van der Waals surface area contributed by atoms with Gasteiger partial charge in [-0.05, 0) is 37.1 Å². The molecular formula is C24H26F2N6O3. The van der Waals surface area contributed by atoms with E-state index < -0.39 is 11.6 Å². The molecule has 11 heteroatoms. The lowest BCUT2D eigenvalue weighted by molar-refractivity contribution is -0.135. The molecule has 0 aliphatic carbocycles. The minimum absolute atomic E-state index is 0.0431. The van der Waals surface area contributed by atoms with E-state index in [9.17, 15) is 23.5 Å². The van der Waals surface area contributed by atoms with Crippen molar-refractivity contribution in [2.75, 3.05) is 18.5 Å². The number of hydrogen-bond acceptors (Lipinski definition) is 6. The summed E-state index contributed by atoms with van der Waals surface area (Å²) in [7, 11) is 0. The van der Waals surface area contributed by atoms with E-state index in [1.54, 1.807) is 11.1 Å². The molecule has 1 atom stereocenters. The smallest absolute Gasteiger partial charge is 0.255 e. The van der Waals surface area contributed by atoms with Gasteiger partial charge in [0.2, 0.25) is 5.91 Å². The Labute approximate surface area is 200 Å². The van der Waals surface area contributed by atoms with Gasteiger partial charge < -0.3 is 20.6 Å². The molecule has 0 bridgehead atoms. The average Bonchev–Trinajstić information content (AvgIpc) is 3.43. The van der Waals surface area contributed by atoms with E-state index in [0.29, 0.717) is 24.2 Å². The molecule has 2 amide bonds. The molecule has 184 valence electrons. The number of fused-ring (bicyclic) bond motifs is 1. The standard InChI is InChI=1S/C24H26F2N6O3/c1-3-16(13-33)32(4-2)20(34)12-31-11-15(10-28-31)29-23-21-14(9-27-24(21)35)8-19(30-23)22-17(25)6-5-7-18(22)26/h5-8,10-11,16,33H,3-4,9,12-13H2,1-2H3,(H,27,35)(H,29,30)/t16-/m0/s1. The average molecular weight is 485 g/mol. The Kier molecular flexibility index (Phi) is 7.06. The van der Waals surface area contributed by atoms with E-state index in [4.69, 9.17) is 0 Å². The number of nitrogens with zero attached hydrogens (tertiary/aromatic N) is 4. The minimum Gasteiger partial charge on any atom is -0.394 e. The summed E-state index contributed by atoms with van der Waals surface area (Å²) in [4.78, 5) is 31.1. The number of pyridine rings is 1. The maximum absolute atomic E-state index is 14.4. The third-order valence-electron chi connectivity index (χ3n) is 5.96. The molecule has 1 aliphatic heterocycles. The van der Waals surface area contributed by atoms with Crippen molar-refractivity contribution in [1.29, 1.82) is 0 Å². The van der Waals surface area contributed by atoms with E-state index >= 15 is 0 Å². The Bertz CT molecular complexity index is 1240. The van der Waals surface area contributed by atoms with Gasteiger partial charge in [0, 0.05) is 19.3 Å². The number of aliphatic hydroxyl groups excluding tert-OH is 1. The summed E-state index contributed by atoms with van der Waals surface area (Å²) < 4.78 is 30.2. The molecule has 1 aromatic carbocycles. The Morgan fingerprint density at radius 3 is 2.69 bits per heavy atom. The summed E-state index contributed by atoms with van der Waals surface area (Å²) in [5, 5.41) is 19.4.